The molecule has 4 nitrogen and oxygen atoms in total. The molecular formula is C12H13NO3S. The third-order valence-electron chi connectivity index (χ3n) is 3.08. The van der Waals surface area contributed by atoms with Gasteiger partial charge in [-0.05, 0) is 18.6 Å². The Balaban J connectivity index is 2.30. The van der Waals surface area contributed by atoms with Crippen molar-refractivity contribution in [2.45, 2.75) is 16.6 Å². The molecule has 1 saturated carbocycles. The van der Waals surface area contributed by atoms with E-state index in [-0.39, 0.29) is 11.5 Å². The highest BCUT2D eigenvalue weighted by molar-refractivity contribution is 7.92. The fourth-order valence-electron chi connectivity index (χ4n) is 2.01. The fourth-order valence-corrected chi connectivity index (χ4v) is 4.11. The molecule has 1 aliphatic carbocycles. The summed E-state index contributed by atoms with van der Waals surface area (Å²) < 4.78 is 29.4. The van der Waals surface area contributed by atoms with Crippen LogP contribution < -0.4 is 0 Å². The first-order valence-corrected chi connectivity index (χ1v) is 6.80. The zero-order valence-corrected chi connectivity index (χ0v) is 10.3. The summed E-state index contributed by atoms with van der Waals surface area (Å²) in [6.07, 6.45) is 0.356. The monoisotopic (exact) mass is 251 g/mol. The van der Waals surface area contributed by atoms with Gasteiger partial charge in [0.2, 0.25) is 0 Å². The van der Waals surface area contributed by atoms with Crippen LogP contribution in [-0.2, 0) is 14.6 Å². The zero-order valence-electron chi connectivity index (χ0n) is 9.46. The summed E-state index contributed by atoms with van der Waals surface area (Å²) in [7, 11) is -1.93. The number of rotatable bonds is 4. The predicted molar refractivity (Wildman–Crippen MR) is 62.0 cm³/mol. The van der Waals surface area contributed by atoms with Crippen LogP contribution in [0, 0.1) is 16.7 Å². The lowest BCUT2D eigenvalue weighted by Crippen LogP contribution is -2.19. The molecule has 1 aromatic carbocycles. The Morgan fingerprint density at radius 3 is 2.65 bits per heavy atom. The zero-order chi connectivity index (χ0) is 12.5. The van der Waals surface area contributed by atoms with Gasteiger partial charge < -0.3 is 4.74 Å². The van der Waals surface area contributed by atoms with E-state index < -0.39 is 20.5 Å². The van der Waals surface area contributed by atoms with E-state index in [0.29, 0.717) is 6.42 Å². The molecule has 0 unspecified atom stereocenters. The van der Waals surface area contributed by atoms with Gasteiger partial charge in [0.25, 0.3) is 0 Å². The van der Waals surface area contributed by atoms with Gasteiger partial charge in [-0.15, -0.1) is 0 Å². The minimum Gasteiger partial charge on any atom is -0.383 e. The Bertz CT molecular complexity index is 547. The third kappa shape index (κ3) is 1.94. The molecule has 0 spiro atoms. The average Bonchev–Trinajstić information content (AvgIpc) is 3.07. The Hall–Kier alpha value is -1.38. The van der Waals surface area contributed by atoms with Gasteiger partial charge in [0.05, 0.1) is 28.2 Å². The van der Waals surface area contributed by atoms with Crippen molar-refractivity contribution in [3.05, 3.63) is 30.3 Å². The molecule has 0 saturated heterocycles. The van der Waals surface area contributed by atoms with Crippen LogP contribution >= 0.6 is 0 Å². The second-order valence-electron chi connectivity index (χ2n) is 4.25. The van der Waals surface area contributed by atoms with Crippen molar-refractivity contribution in [1.82, 2.24) is 0 Å². The maximum atomic E-state index is 12.2. The van der Waals surface area contributed by atoms with Crippen LogP contribution in [0.5, 0.6) is 0 Å². The molecule has 0 amide bonds. The first kappa shape index (κ1) is 12.1. The number of benzene rings is 1. The molecule has 1 aliphatic rings. The number of nitrogens with zero attached hydrogens (tertiary/aromatic N) is 1. The van der Waals surface area contributed by atoms with Gasteiger partial charge in [-0.25, -0.2) is 8.42 Å². The van der Waals surface area contributed by atoms with Crippen molar-refractivity contribution < 1.29 is 13.2 Å². The minimum atomic E-state index is -3.41. The van der Waals surface area contributed by atoms with Gasteiger partial charge in [-0.3, -0.25) is 0 Å². The van der Waals surface area contributed by atoms with Crippen LogP contribution in [0.15, 0.2) is 35.2 Å². The number of nitriles is 1. The number of sulfone groups is 1. The molecule has 0 aromatic heterocycles. The van der Waals surface area contributed by atoms with Crippen molar-refractivity contribution in [1.29, 1.82) is 5.26 Å². The molecule has 1 fully saturated rings. The summed E-state index contributed by atoms with van der Waals surface area (Å²) in [5, 5.41) is 8.44. The summed E-state index contributed by atoms with van der Waals surface area (Å²) in [6, 6.07) is 10.3. The Labute approximate surface area is 101 Å². The van der Waals surface area contributed by atoms with Gasteiger partial charge in [0, 0.05) is 7.11 Å². The lowest BCUT2D eigenvalue weighted by atomic mass is 10.1. The SMILES string of the molecule is COC[C@@]1(C#N)C[C@H]1S(=O)(=O)c1ccccc1. The van der Waals surface area contributed by atoms with E-state index in [4.69, 9.17) is 10.00 Å². The van der Waals surface area contributed by atoms with E-state index in [2.05, 4.69) is 6.07 Å². The molecular weight excluding hydrogens is 238 g/mol. The summed E-state index contributed by atoms with van der Waals surface area (Å²) in [5.41, 5.74) is -0.858. The van der Waals surface area contributed by atoms with Gasteiger partial charge in [0.1, 0.15) is 0 Å². The van der Waals surface area contributed by atoms with Gasteiger partial charge in [-0.1, -0.05) is 18.2 Å². The standard InChI is InChI=1S/C12H13NO3S/c1-16-9-12(8-13)7-11(12)17(14,15)10-5-3-2-4-6-10/h2-6,11H,7,9H2,1H3/t11-,12+/m1/s1. The molecule has 0 radical (unpaired) electrons. The Morgan fingerprint density at radius 1 is 1.47 bits per heavy atom. The van der Waals surface area contributed by atoms with E-state index >= 15 is 0 Å². The summed E-state index contributed by atoms with van der Waals surface area (Å²) in [6.45, 7) is 0.167. The normalized spacial score (nSPS) is 27.4. The van der Waals surface area contributed by atoms with E-state index in [9.17, 15) is 8.42 Å². The number of hydrogen-bond acceptors (Lipinski definition) is 4. The molecule has 1 aromatic rings. The Morgan fingerprint density at radius 2 is 2.12 bits per heavy atom. The van der Waals surface area contributed by atoms with E-state index in [1.165, 1.54) is 7.11 Å². The second kappa shape index (κ2) is 4.13. The highest BCUT2D eigenvalue weighted by atomic mass is 32.2. The van der Waals surface area contributed by atoms with Crippen LogP contribution in [-0.4, -0.2) is 27.4 Å². The molecule has 0 aliphatic heterocycles. The maximum Gasteiger partial charge on any atom is 0.182 e. The number of ether oxygens (including phenoxy) is 1. The average molecular weight is 251 g/mol. The molecule has 17 heavy (non-hydrogen) atoms. The molecule has 0 N–H and O–H groups in total. The third-order valence-corrected chi connectivity index (χ3v) is 5.37. The van der Waals surface area contributed by atoms with Gasteiger partial charge in [-0.2, -0.15) is 5.26 Å². The lowest BCUT2D eigenvalue weighted by Gasteiger charge is -2.08. The van der Waals surface area contributed by atoms with Crippen LogP contribution in [0.1, 0.15) is 6.42 Å². The number of hydrogen-bond donors (Lipinski definition) is 0. The molecule has 0 heterocycles. The summed E-state index contributed by atoms with van der Waals surface area (Å²) in [4.78, 5) is 0.276. The smallest absolute Gasteiger partial charge is 0.182 e. The predicted octanol–water partition coefficient (Wildman–Crippen LogP) is 1.39. The van der Waals surface area contributed by atoms with Crippen LogP contribution in [0.3, 0.4) is 0 Å². The molecule has 0 bridgehead atoms. The second-order valence-corrected chi connectivity index (χ2v) is 6.38. The van der Waals surface area contributed by atoms with Crippen LogP contribution in [0.2, 0.25) is 0 Å². The van der Waals surface area contributed by atoms with E-state index in [0.717, 1.165) is 0 Å². The molecule has 2 atom stereocenters. The van der Waals surface area contributed by atoms with E-state index in [1.807, 2.05) is 0 Å². The fraction of sp³-hybridized carbons (Fsp3) is 0.417. The number of methoxy groups -OCH3 is 1. The summed E-state index contributed by atoms with van der Waals surface area (Å²) in [5.74, 6) is 0. The van der Waals surface area contributed by atoms with Crippen molar-refractivity contribution in [3.8, 4) is 6.07 Å². The lowest BCUT2D eigenvalue weighted by molar-refractivity contribution is 0.164. The van der Waals surface area contributed by atoms with Crippen molar-refractivity contribution in [3.63, 3.8) is 0 Å². The van der Waals surface area contributed by atoms with Crippen molar-refractivity contribution in [2.24, 2.45) is 5.41 Å². The van der Waals surface area contributed by atoms with Gasteiger partial charge in [0.15, 0.2) is 9.84 Å². The molecule has 90 valence electrons. The minimum absolute atomic E-state index is 0.167. The largest absolute Gasteiger partial charge is 0.383 e. The first-order chi connectivity index (χ1) is 8.07. The quantitative estimate of drug-likeness (QED) is 0.811. The van der Waals surface area contributed by atoms with Crippen molar-refractivity contribution >= 4 is 9.84 Å². The van der Waals surface area contributed by atoms with Gasteiger partial charge >= 0.3 is 0 Å². The topological polar surface area (TPSA) is 67.2 Å². The molecule has 2 rings (SSSR count). The maximum absolute atomic E-state index is 12.2. The van der Waals surface area contributed by atoms with Crippen LogP contribution in [0.4, 0.5) is 0 Å². The van der Waals surface area contributed by atoms with Crippen LogP contribution in [0.25, 0.3) is 0 Å². The Kier molecular flexibility index (Phi) is 2.94. The molecule has 5 heteroatoms. The first-order valence-electron chi connectivity index (χ1n) is 5.26. The highest BCUT2D eigenvalue weighted by Gasteiger charge is 2.62. The van der Waals surface area contributed by atoms with Crippen molar-refractivity contribution in [2.75, 3.05) is 13.7 Å². The highest BCUT2D eigenvalue weighted by Crippen LogP contribution is 2.52. The van der Waals surface area contributed by atoms with E-state index in [1.54, 1.807) is 30.3 Å². The summed E-state index contributed by atoms with van der Waals surface area (Å²) >= 11 is 0.